The lowest BCUT2D eigenvalue weighted by atomic mass is 9.94. The monoisotopic (exact) mass is 416 g/mol. The van der Waals surface area contributed by atoms with Gasteiger partial charge in [0.05, 0.1) is 20.3 Å². The zero-order valence-corrected chi connectivity index (χ0v) is 17.3. The molecule has 2 N–H and O–H groups in total. The maximum Gasteiger partial charge on any atom is 0.224 e. The largest absolute Gasteiger partial charge is 0.497 e. The van der Waals surface area contributed by atoms with Crippen LogP contribution in [0, 0.1) is 0 Å². The van der Waals surface area contributed by atoms with Gasteiger partial charge in [0.25, 0.3) is 0 Å². The molecule has 7 heteroatoms. The molecule has 0 amide bonds. The summed E-state index contributed by atoms with van der Waals surface area (Å²) >= 11 is 1.53. The lowest BCUT2D eigenvalue weighted by Gasteiger charge is -2.19. The Morgan fingerprint density at radius 1 is 0.967 bits per heavy atom. The molecule has 2 heterocycles. The van der Waals surface area contributed by atoms with Gasteiger partial charge in [0.1, 0.15) is 5.75 Å². The third kappa shape index (κ3) is 3.58. The Hall–Kier alpha value is -3.16. The van der Waals surface area contributed by atoms with Crippen molar-refractivity contribution >= 4 is 28.5 Å². The molecule has 6 nitrogen and oxygen atoms in total. The fraction of sp³-hybridized carbons (Fsp3) is 0.174. The van der Waals surface area contributed by atoms with Gasteiger partial charge in [-0.3, -0.25) is 0 Å². The van der Waals surface area contributed by atoms with Gasteiger partial charge < -0.3 is 15.2 Å². The highest BCUT2D eigenvalue weighted by molar-refractivity contribution is 7.98. The number of thioether (sulfide) groups is 1. The number of rotatable bonds is 5. The highest BCUT2D eigenvalue weighted by atomic mass is 32.2. The SMILES string of the molecule is COc1ccc(CSc2nc(N)nc(-c3ccc4c5c(cccc35)COC4)n2)cc1. The van der Waals surface area contributed by atoms with Crippen molar-refractivity contribution in [3.8, 4) is 17.1 Å². The molecule has 150 valence electrons. The molecule has 3 aromatic carbocycles. The fourth-order valence-electron chi connectivity index (χ4n) is 3.69. The van der Waals surface area contributed by atoms with E-state index in [1.165, 1.54) is 28.3 Å². The summed E-state index contributed by atoms with van der Waals surface area (Å²) in [6, 6.07) is 18.3. The van der Waals surface area contributed by atoms with Gasteiger partial charge in [-0.2, -0.15) is 9.97 Å². The van der Waals surface area contributed by atoms with E-state index in [0.717, 1.165) is 28.0 Å². The number of ether oxygens (including phenoxy) is 2. The van der Waals surface area contributed by atoms with E-state index in [4.69, 9.17) is 20.2 Å². The van der Waals surface area contributed by atoms with Crippen molar-refractivity contribution in [1.82, 2.24) is 15.0 Å². The summed E-state index contributed by atoms with van der Waals surface area (Å²) in [6.07, 6.45) is 0. The first-order chi connectivity index (χ1) is 14.7. The molecular formula is C23H20N4O2S. The number of nitrogens with zero attached hydrogens (tertiary/aromatic N) is 3. The number of hydrogen-bond donors (Lipinski definition) is 1. The van der Waals surface area contributed by atoms with E-state index in [9.17, 15) is 0 Å². The van der Waals surface area contributed by atoms with E-state index >= 15 is 0 Å². The van der Waals surface area contributed by atoms with Crippen molar-refractivity contribution in [1.29, 1.82) is 0 Å². The molecule has 0 aliphatic carbocycles. The quantitative estimate of drug-likeness (QED) is 0.476. The van der Waals surface area contributed by atoms with E-state index in [-0.39, 0.29) is 5.95 Å². The number of nitrogens with two attached hydrogens (primary N) is 1. The van der Waals surface area contributed by atoms with Gasteiger partial charge in [0, 0.05) is 11.3 Å². The second-order valence-corrected chi connectivity index (χ2v) is 7.98. The Labute approximate surface area is 178 Å². The van der Waals surface area contributed by atoms with Crippen molar-refractivity contribution in [3.05, 3.63) is 71.3 Å². The van der Waals surface area contributed by atoms with Crippen molar-refractivity contribution < 1.29 is 9.47 Å². The minimum Gasteiger partial charge on any atom is -0.497 e. The van der Waals surface area contributed by atoms with Gasteiger partial charge in [-0.15, -0.1) is 0 Å². The molecule has 0 spiro atoms. The van der Waals surface area contributed by atoms with Crippen LogP contribution in [0.5, 0.6) is 5.75 Å². The first-order valence-corrected chi connectivity index (χ1v) is 10.6. The average molecular weight is 417 g/mol. The lowest BCUT2D eigenvalue weighted by Crippen LogP contribution is -2.06. The van der Waals surface area contributed by atoms with E-state index in [2.05, 4.69) is 28.2 Å². The fourth-order valence-corrected chi connectivity index (χ4v) is 4.49. The molecule has 1 aromatic heterocycles. The van der Waals surface area contributed by atoms with Crippen LogP contribution in [0.3, 0.4) is 0 Å². The van der Waals surface area contributed by atoms with E-state index in [1.807, 2.05) is 36.4 Å². The second-order valence-electron chi connectivity index (χ2n) is 7.04. The predicted octanol–water partition coefficient (Wildman–Crippen LogP) is 4.61. The first kappa shape index (κ1) is 18.8. The molecule has 4 aromatic rings. The minimum absolute atomic E-state index is 0.223. The topological polar surface area (TPSA) is 83.2 Å². The zero-order valence-electron chi connectivity index (χ0n) is 16.5. The number of nitrogen functional groups attached to an aromatic ring is 1. The van der Waals surface area contributed by atoms with Gasteiger partial charge in [-0.1, -0.05) is 54.2 Å². The third-order valence-electron chi connectivity index (χ3n) is 5.13. The molecular weight excluding hydrogens is 396 g/mol. The van der Waals surface area contributed by atoms with Crippen LogP contribution in [-0.4, -0.2) is 22.1 Å². The van der Waals surface area contributed by atoms with Crippen LogP contribution in [0.15, 0.2) is 59.8 Å². The second kappa shape index (κ2) is 7.93. The maximum absolute atomic E-state index is 6.03. The van der Waals surface area contributed by atoms with Crippen LogP contribution in [-0.2, 0) is 23.7 Å². The summed E-state index contributed by atoms with van der Waals surface area (Å²) < 4.78 is 10.9. The Morgan fingerprint density at radius 3 is 2.57 bits per heavy atom. The number of aromatic nitrogens is 3. The molecule has 0 fully saturated rings. The zero-order chi connectivity index (χ0) is 20.5. The number of benzene rings is 3. The van der Waals surface area contributed by atoms with E-state index < -0.39 is 0 Å². The normalized spacial score (nSPS) is 12.8. The molecule has 0 saturated carbocycles. The van der Waals surface area contributed by atoms with Gasteiger partial charge >= 0.3 is 0 Å². The minimum atomic E-state index is 0.223. The summed E-state index contributed by atoms with van der Waals surface area (Å²) in [4.78, 5) is 13.5. The van der Waals surface area contributed by atoms with Crippen molar-refractivity contribution in [2.24, 2.45) is 0 Å². The Balaban J connectivity index is 1.49. The van der Waals surface area contributed by atoms with Gasteiger partial charge in [-0.05, 0) is 39.6 Å². The molecule has 0 radical (unpaired) electrons. The van der Waals surface area contributed by atoms with Crippen LogP contribution < -0.4 is 10.5 Å². The Bertz CT molecular complexity index is 1220. The smallest absolute Gasteiger partial charge is 0.224 e. The molecule has 0 saturated heterocycles. The van der Waals surface area contributed by atoms with Gasteiger partial charge in [0.2, 0.25) is 5.95 Å². The summed E-state index contributed by atoms with van der Waals surface area (Å²) in [7, 11) is 1.66. The maximum atomic E-state index is 6.03. The van der Waals surface area contributed by atoms with Crippen LogP contribution in [0.4, 0.5) is 5.95 Å². The summed E-state index contributed by atoms with van der Waals surface area (Å²) in [5.41, 5.74) is 10.5. The first-order valence-electron chi connectivity index (χ1n) is 9.60. The molecule has 30 heavy (non-hydrogen) atoms. The molecule has 1 aliphatic rings. The third-order valence-corrected chi connectivity index (χ3v) is 6.05. The Morgan fingerprint density at radius 2 is 1.77 bits per heavy atom. The molecule has 1 aliphatic heterocycles. The summed E-state index contributed by atoms with van der Waals surface area (Å²) in [6.45, 7) is 1.24. The van der Waals surface area contributed by atoms with Crippen molar-refractivity contribution in [3.63, 3.8) is 0 Å². The Kier molecular flexibility index (Phi) is 4.98. The van der Waals surface area contributed by atoms with E-state index in [1.54, 1.807) is 7.11 Å². The number of hydrogen-bond acceptors (Lipinski definition) is 7. The average Bonchev–Trinajstić information content (AvgIpc) is 2.78. The summed E-state index contributed by atoms with van der Waals surface area (Å²) in [5.74, 6) is 2.38. The van der Waals surface area contributed by atoms with Gasteiger partial charge in [-0.25, -0.2) is 4.98 Å². The highest BCUT2D eigenvalue weighted by Gasteiger charge is 2.17. The molecule has 0 atom stereocenters. The van der Waals surface area contributed by atoms with Crippen molar-refractivity contribution in [2.75, 3.05) is 12.8 Å². The standard InChI is InChI=1S/C23H20N4O2S/c1-28-17-8-5-14(6-9-17)13-30-23-26-21(25-22(24)27-23)19-10-7-16-12-29-11-15-3-2-4-18(19)20(15)16/h2-10H,11-13H2,1H3,(H2,24,25,26,27). The highest BCUT2D eigenvalue weighted by Crippen LogP contribution is 2.35. The van der Waals surface area contributed by atoms with Crippen LogP contribution >= 0.6 is 11.8 Å². The number of anilines is 1. The van der Waals surface area contributed by atoms with Crippen LogP contribution in [0.1, 0.15) is 16.7 Å². The molecule has 0 bridgehead atoms. The summed E-state index contributed by atoms with van der Waals surface area (Å²) in [5, 5.41) is 2.95. The lowest BCUT2D eigenvalue weighted by molar-refractivity contribution is 0.103. The molecule has 5 rings (SSSR count). The predicted molar refractivity (Wildman–Crippen MR) is 118 cm³/mol. The van der Waals surface area contributed by atoms with E-state index in [0.29, 0.717) is 24.2 Å². The number of methoxy groups -OCH3 is 1. The van der Waals surface area contributed by atoms with Crippen LogP contribution in [0.25, 0.3) is 22.2 Å². The van der Waals surface area contributed by atoms with Gasteiger partial charge in [0.15, 0.2) is 11.0 Å². The van der Waals surface area contributed by atoms with Crippen LogP contribution in [0.2, 0.25) is 0 Å². The van der Waals surface area contributed by atoms with Crippen molar-refractivity contribution in [2.45, 2.75) is 24.1 Å². The molecule has 0 unspecified atom stereocenters.